The van der Waals surface area contributed by atoms with Crippen molar-refractivity contribution in [3.63, 3.8) is 0 Å². The lowest BCUT2D eigenvalue weighted by Crippen LogP contribution is -2.52. The average molecular weight is 255 g/mol. The molecule has 1 atom stereocenters. The highest BCUT2D eigenvalue weighted by atomic mass is 16.3. The van der Waals surface area contributed by atoms with Crippen molar-refractivity contribution in [2.24, 2.45) is 5.73 Å². The summed E-state index contributed by atoms with van der Waals surface area (Å²) in [5.74, 6) is -0.0708. The van der Waals surface area contributed by atoms with Gasteiger partial charge in [0.05, 0.1) is 12.6 Å². The van der Waals surface area contributed by atoms with E-state index in [9.17, 15) is 4.79 Å². The number of aliphatic hydroxyl groups is 1. The van der Waals surface area contributed by atoms with Crippen LogP contribution >= 0.6 is 0 Å². The first kappa shape index (κ1) is 15.1. The molecule has 0 radical (unpaired) electrons. The number of nitrogens with zero attached hydrogens (tertiary/aromatic N) is 2. The van der Waals surface area contributed by atoms with E-state index in [0.717, 1.165) is 25.9 Å². The van der Waals surface area contributed by atoms with Crippen molar-refractivity contribution in [2.75, 3.05) is 33.3 Å². The van der Waals surface area contributed by atoms with E-state index < -0.39 is 6.04 Å². The van der Waals surface area contributed by atoms with Gasteiger partial charge >= 0.3 is 0 Å². The number of hydrogen-bond donors (Lipinski definition) is 2. The van der Waals surface area contributed by atoms with Crippen molar-refractivity contribution in [1.29, 1.82) is 0 Å². The Labute approximate surface area is 109 Å². The summed E-state index contributed by atoms with van der Waals surface area (Å²) < 4.78 is 0. The number of carbonyl (C=O) groups excluding carboxylic acids is 1. The topological polar surface area (TPSA) is 69.8 Å². The number of piperidine rings is 1. The van der Waals surface area contributed by atoms with E-state index in [0.29, 0.717) is 13.0 Å². The molecule has 5 heteroatoms. The fraction of sp³-hybridized carbons (Fsp3) is 0.769. The highest BCUT2D eigenvalue weighted by Crippen LogP contribution is 2.16. The van der Waals surface area contributed by atoms with Gasteiger partial charge in [-0.3, -0.25) is 4.79 Å². The number of hydrogen-bond acceptors (Lipinski definition) is 4. The number of carbonyl (C=O) groups is 1. The predicted octanol–water partition coefficient (Wildman–Crippen LogP) is -0.195. The van der Waals surface area contributed by atoms with Crippen LogP contribution in [-0.4, -0.2) is 66.2 Å². The number of aliphatic hydroxyl groups excluding tert-OH is 1. The Morgan fingerprint density at radius 1 is 1.61 bits per heavy atom. The molecule has 3 N–H and O–H groups in total. The molecule has 0 aromatic carbocycles. The summed E-state index contributed by atoms with van der Waals surface area (Å²) in [5, 5.41) is 9.11. The fourth-order valence-electron chi connectivity index (χ4n) is 2.38. The van der Waals surface area contributed by atoms with Gasteiger partial charge in [0.25, 0.3) is 0 Å². The van der Waals surface area contributed by atoms with Gasteiger partial charge in [-0.05, 0) is 39.4 Å². The second kappa shape index (κ2) is 7.51. The molecule has 0 spiro atoms. The van der Waals surface area contributed by atoms with Crippen LogP contribution in [0.3, 0.4) is 0 Å². The molecule has 1 amide bonds. The molecule has 18 heavy (non-hydrogen) atoms. The number of nitrogens with two attached hydrogens (primary N) is 1. The second-order valence-electron chi connectivity index (χ2n) is 4.92. The van der Waals surface area contributed by atoms with E-state index in [1.807, 2.05) is 0 Å². The van der Waals surface area contributed by atoms with Crippen LogP contribution in [0.25, 0.3) is 0 Å². The van der Waals surface area contributed by atoms with Crippen LogP contribution < -0.4 is 5.73 Å². The fourth-order valence-corrected chi connectivity index (χ4v) is 2.38. The minimum atomic E-state index is -0.534. The van der Waals surface area contributed by atoms with Crippen LogP contribution in [0.5, 0.6) is 0 Å². The zero-order valence-corrected chi connectivity index (χ0v) is 11.2. The summed E-state index contributed by atoms with van der Waals surface area (Å²) in [4.78, 5) is 16.2. The maximum Gasteiger partial charge on any atom is 0.240 e. The first-order valence-electron chi connectivity index (χ1n) is 6.56. The molecule has 1 heterocycles. The van der Waals surface area contributed by atoms with Crippen LogP contribution in [0.1, 0.15) is 19.3 Å². The summed E-state index contributed by atoms with van der Waals surface area (Å²) in [6.45, 7) is 5.93. The van der Waals surface area contributed by atoms with E-state index in [-0.39, 0.29) is 18.6 Å². The zero-order chi connectivity index (χ0) is 13.5. The molecule has 1 fully saturated rings. The summed E-state index contributed by atoms with van der Waals surface area (Å²) in [7, 11) is 2.08. The molecular weight excluding hydrogens is 230 g/mol. The third-order valence-corrected chi connectivity index (χ3v) is 3.49. The van der Waals surface area contributed by atoms with Crippen molar-refractivity contribution >= 4 is 5.91 Å². The molecular formula is C13H25N3O2. The zero-order valence-electron chi connectivity index (χ0n) is 11.2. The van der Waals surface area contributed by atoms with Crippen molar-refractivity contribution in [1.82, 2.24) is 9.80 Å². The van der Waals surface area contributed by atoms with Gasteiger partial charge in [-0.2, -0.15) is 0 Å². The van der Waals surface area contributed by atoms with E-state index in [1.54, 1.807) is 11.0 Å². The van der Waals surface area contributed by atoms with Gasteiger partial charge in [0.1, 0.15) is 0 Å². The molecule has 0 saturated carbocycles. The van der Waals surface area contributed by atoms with E-state index in [1.165, 1.54) is 0 Å². The molecule has 1 unspecified atom stereocenters. The molecule has 1 aliphatic heterocycles. The Morgan fingerprint density at radius 3 is 2.72 bits per heavy atom. The second-order valence-corrected chi connectivity index (χ2v) is 4.92. The quantitative estimate of drug-likeness (QED) is 0.645. The Bertz CT molecular complexity index is 275. The first-order valence-corrected chi connectivity index (χ1v) is 6.56. The standard InChI is InChI=1S/C13H25N3O2/c1-3-4-12(14)13(18)16(9-10-17)11-5-7-15(2)8-6-11/h3,11-12,17H,1,4-10,14H2,2H3. The average Bonchev–Trinajstić information content (AvgIpc) is 2.37. The van der Waals surface area contributed by atoms with Gasteiger partial charge in [0.2, 0.25) is 5.91 Å². The van der Waals surface area contributed by atoms with Crippen LogP contribution in [0.15, 0.2) is 12.7 Å². The normalized spacial score (nSPS) is 19.5. The minimum absolute atomic E-state index is 0.0150. The van der Waals surface area contributed by atoms with Crippen molar-refractivity contribution < 1.29 is 9.90 Å². The van der Waals surface area contributed by atoms with Crippen LogP contribution in [-0.2, 0) is 4.79 Å². The van der Waals surface area contributed by atoms with E-state index >= 15 is 0 Å². The lowest BCUT2D eigenvalue weighted by Gasteiger charge is -2.38. The lowest BCUT2D eigenvalue weighted by molar-refractivity contribution is -0.136. The molecule has 1 aliphatic rings. The summed E-state index contributed by atoms with van der Waals surface area (Å²) >= 11 is 0. The predicted molar refractivity (Wildman–Crippen MR) is 72.1 cm³/mol. The van der Waals surface area contributed by atoms with Crippen molar-refractivity contribution in [2.45, 2.75) is 31.3 Å². The lowest BCUT2D eigenvalue weighted by atomic mass is 10.0. The number of rotatable bonds is 6. The molecule has 0 aromatic rings. The van der Waals surface area contributed by atoms with Crippen LogP contribution in [0, 0.1) is 0 Å². The van der Waals surface area contributed by atoms with Gasteiger partial charge in [-0.15, -0.1) is 6.58 Å². The molecule has 5 nitrogen and oxygen atoms in total. The first-order chi connectivity index (χ1) is 8.60. The Kier molecular flexibility index (Phi) is 6.32. The van der Waals surface area contributed by atoms with E-state index in [2.05, 4.69) is 18.5 Å². The SMILES string of the molecule is C=CCC(N)C(=O)N(CCO)C1CCN(C)CC1. The third-order valence-electron chi connectivity index (χ3n) is 3.49. The number of amides is 1. The third kappa shape index (κ3) is 4.08. The number of likely N-dealkylation sites (tertiary alicyclic amines) is 1. The smallest absolute Gasteiger partial charge is 0.240 e. The summed E-state index contributed by atoms with van der Waals surface area (Å²) in [6.07, 6.45) is 4.04. The Balaban J connectivity index is 2.63. The highest BCUT2D eigenvalue weighted by Gasteiger charge is 2.28. The van der Waals surface area contributed by atoms with Gasteiger partial charge in [-0.1, -0.05) is 6.08 Å². The van der Waals surface area contributed by atoms with Crippen LogP contribution in [0.2, 0.25) is 0 Å². The Hall–Kier alpha value is -0.910. The minimum Gasteiger partial charge on any atom is -0.395 e. The van der Waals surface area contributed by atoms with Gasteiger partial charge in [0, 0.05) is 12.6 Å². The summed E-state index contributed by atoms with van der Waals surface area (Å²) in [6, 6.07) is -0.328. The van der Waals surface area contributed by atoms with Gasteiger partial charge in [-0.25, -0.2) is 0 Å². The van der Waals surface area contributed by atoms with Gasteiger partial charge < -0.3 is 20.6 Å². The summed E-state index contributed by atoms with van der Waals surface area (Å²) in [5.41, 5.74) is 5.84. The highest BCUT2D eigenvalue weighted by molar-refractivity contribution is 5.82. The molecule has 0 aromatic heterocycles. The van der Waals surface area contributed by atoms with Gasteiger partial charge in [0.15, 0.2) is 0 Å². The maximum absolute atomic E-state index is 12.2. The molecule has 0 aliphatic carbocycles. The van der Waals surface area contributed by atoms with Crippen molar-refractivity contribution in [3.05, 3.63) is 12.7 Å². The monoisotopic (exact) mass is 255 g/mol. The van der Waals surface area contributed by atoms with E-state index in [4.69, 9.17) is 10.8 Å². The largest absolute Gasteiger partial charge is 0.395 e. The Morgan fingerprint density at radius 2 is 2.22 bits per heavy atom. The molecule has 1 rings (SSSR count). The van der Waals surface area contributed by atoms with Crippen LogP contribution in [0.4, 0.5) is 0 Å². The maximum atomic E-state index is 12.2. The molecule has 1 saturated heterocycles. The van der Waals surface area contributed by atoms with Crippen molar-refractivity contribution in [3.8, 4) is 0 Å². The molecule has 0 bridgehead atoms. The molecule has 104 valence electrons.